The number of hydrogen-bond donors (Lipinski definition) is 1. The number of hydrogen-bond acceptors (Lipinski definition) is 5. The second-order valence-electron chi connectivity index (χ2n) is 4.65. The molecule has 1 heterocycles. The summed E-state index contributed by atoms with van der Waals surface area (Å²) in [4.78, 5) is 8.88. The molecule has 5 nitrogen and oxygen atoms in total. The highest BCUT2D eigenvalue weighted by Crippen LogP contribution is 2.32. The molecule has 8 heteroatoms. The van der Waals surface area contributed by atoms with Gasteiger partial charge in [0.1, 0.15) is 5.52 Å². The maximum absolute atomic E-state index is 8.70. The van der Waals surface area contributed by atoms with Crippen molar-refractivity contribution in [2.24, 2.45) is 4.99 Å². The summed E-state index contributed by atoms with van der Waals surface area (Å²) in [5, 5.41) is 12.3. The number of aromatic nitrogens is 1. The largest absolute Gasteiger partial charge is 0.436 e. The summed E-state index contributed by atoms with van der Waals surface area (Å²) in [5.74, 6) is 0.467. The zero-order chi connectivity index (χ0) is 17.1. The Hall–Kier alpha value is -1.76. The van der Waals surface area contributed by atoms with Crippen LogP contribution >= 0.6 is 46.0 Å². The van der Waals surface area contributed by atoms with Crippen molar-refractivity contribution < 1.29 is 4.42 Å². The summed E-state index contributed by atoms with van der Waals surface area (Å²) in [5.41, 5.74) is 2.76. The normalized spacial score (nSPS) is 11.5. The smallest absolute Gasteiger partial charge is 0.228 e. The molecule has 2 aromatic carbocycles. The average Bonchev–Trinajstić information content (AvgIpc) is 2.99. The molecule has 0 amide bonds. The Morgan fingerprint density at radius 3 is 2.96 bits per heavy atom. The number of nitrogens with zero attached hydrogens (tertiary/aromatic N) is 3. The highest BCUT2D eigenvalue weighted by molar-refractivity contribution is 14.1. The van der Waals surface area contributed by atoms with Crippen LogP contribution in [0.15, 0.2) is 45.8 Å². The van der Waals surface area contributed by atoms with Crippen molar-refractivity contribution in [3.8, 4) is 17.6 Å². The number of nitriles is 1. The van der Waals surface area contributed by atoms with Gasteiger partial charge in [0.15, 0.2) is 16.9 Å². The molecule has 0 saturated heterocycles. The third kappa shape index (κ3) is 3.66. The number of rotatable bonds is 2. The fourth-order valence-electron chi connectivity index (χ4n) is 2.05. The Morgan fingerprint density at radius 1 is 1.38 bits per heavy atom. The van der Waals surface area contributed by atoms with Crippen LogP contribution in [0.1, 0.15) is 0 Å². The molecule has 0 atom stereocenters. The van der Waals surface area contributed by atoms with E-state index in [2.05, 4.69) is 37.9 Å². The van der Waals surface area contributed by atoms with Gasteiger partial charge in [-0.3, -0.25) is 5.32 Å². The van der Waals surface area contributed by atoms with E-state index in [0.717, 1.165) is 9.13 Å². The van der Waals surface area contributed by atoms with Gasteiger partial charge in [0.25, 0.3) is 0 Å². The summed E-state index contributed by atoms with van der Waals surface area (Å²) in [6, 6.07) is 11.1. The Balaban J connectivity index is 2.03. The summed E-state index contributed by atoms with van der Waals surface area (Å²) < 4.78 is 6.85. The maximum Gasteiger partial charge on any atom is 0.228 e. The van der Waals surface area contributed by atoms with Gasteiger partial charge in [-0.15, -0.1) is 0 Å². The monoisotopic (exact) mass is 468 g/mol. The van der Waals surface area contributed by atoms with Crippen molar-refractivity contribution in [3.63, 3.8) is 0 Å². The lowest BCUT2D eigenvalue weighted by molar-refractivity contribution is 0.620. The minimum absolute atomic E-state index is 0.467. The first-order valence-corrected chi connectivity index (χ1v) is 9.42. The SMILES string of the molecule is CSC(=Nc1ccc2oc(-c3cc(I)ccc3Cl)nc2c1)NC#N. The third-order valence-corrected chi connectivity index (χ3v) is 4.70. The molecule has 0 unspecified atom stereocenters. The molecule has 0 aliphatic rings. The molecular weight excluding hydrogens is 459 g/mol. The molecule has 0 aliphatic heterocycles. The Bertz CT molecular complexity index is 980. The van der Waals surface area contributed by atoms with Crippen LogP contribution in [0.3, 0.4) is 0 Å². The minimum Gasteiger partial charge on any atom is -0.436 e. The van der Waals surface area contributed by atoms with Gasteiger partial charge in [0.05, 0.1) is 16.3 Å². The van der Waals surface area contributed by atoms with Gasteiger partial charge in [-0.1, -0.05) is 23.4 Å². The first-order chi connectivity index (χ1) is 11.6. The lowest BCUT2D eigenvalue weighted by atomic mass is 10.2. The maximum atomic E-state index is 8.70. The van der Waals surface area contributed by atoms with Crippen molar-refractivity contribution in [1.82, 2.24) is 10.3 Å². The number of benzene rings is 2. The molecule has 0 radical (unpaired) electrons. The van der Waals surface area contributed by atoms with Gasteiger partial charge in [0, 0.05) is 3.57 Å². The van der Waals surface area contributed by atoms with Crippen molar-refractivity contribution in [3.05, 3.63) is 45.0 Å². The van der Waals surface area contributed by atoms with Gasteiger partial charge in [-0.25, -0.2) is 9.98 Å². The first-order valence-electron chi connectivity index (χ1n) is 6.74. The number of thioether (sulfide) groups is 1. The molecule has 0 fully saturated rings. The van der Waals surface area contributed by atoms with E-state index in [1.165, 1.54) is 11.8 Å². The summed E-state index contributed by atoms with van der Waals surface area (Å²) >= 11 is 9.82. The van der Waals surface area contributed by atoms with Crippen LogP contribution in [0.5, 0.6) is 0 Å². The Kier molecular flexibility index (Phi) is 5.28. The fourth-order valence-corrected chi connectivity index (χ4v) is 3.09. The average molecular weight is 469 g/mol. The van der Waals surface area contributed by atoms with E-state index in [1.807, 2.05) is 36.7 Å². The Morgan fingerprint density at radius 2 is 2.21 bits per heavy atom. The highest BCUT2D eigenvalue weighted by Gasteiger charge is 2.12. The standard InChI is InChI=1S/C16H10ClIN4OS/c1-24-16(20-8-19)21-10-3-5-14-13(7-10)22-15(23-14)11-6-9(18)2-4-12(11)17/h2-7H,1H3,(H,20,21). The van der Waals surface area contributed by atoms with Gasteiger partial charge in [-0.05, 0) is 65.2 Å². The van der Waals surface area contributed by atoms with E-state index in [9.17, 15) is 0 Å². The van der Waals surface area contributed by atoms with E-state index in [0.29, 0.717) is 32.9 Å². The molecule has 1 aromatic heterocycles. The molecule has 3 aromatic rings. The summed E-state index contributed by atoms with van der Waals surface area (Å²) in [6.45, 7) is 0. The second-order valence-corrected chi connectivity index (χ2v) is 7.10. The molecule has 0 aliphatic carbocycles. The van der Waals surface area contributed by atoms with Gasteiger partial charge in [0.2, 0.25) is 5.89 Å². The fraction of sp³-hybridized carbons (Fsp3) is 0.0625. The number of amidine groups is 1. The van der Waals surface area contributed by atoms with Gasteiger partial charge >= 0.3 is 0 Å². The third-order valence-electron chi connectivity index (χ3n) is 3.12. The highest BCUT2D eigenvalue weighted by atomic mass is 127. The number of fused-ring (bicyclic) bond motifs is 1. The van der Waals surface area contributed by atoms with Crippen molar-refractivity contribution in [2.45, 2.75) is 0 Å². The van der Waals surface area contributed by atoms with E-state index >= 15 is 0 Å². The Labute approximate surface area is 161 Å². The minimum atomic E-state index is 0.467. The second kappa shape index (κ2) is 7.42. The quantitative estimate of drug-likeness (QED) is 0.185. The zero-order valence-corrected chi connectivity index (χ0v) is 16.1. The molecular formula is C16H10ClIN4OS. The van der Waals surface area contributed by atoms with E-state index in [-0.39, 0.29) is 0 Å². The van der Waals surface area contributed by atoms with Crippen LogP contribution in [-0.2, 0) is 0 Å². The van der Waals surface area contributed by atoms with Crippen molar-refractivity contribution >= 4 is 67.9 Å². The van der Waals surface area contributed by atoms with Crippen LogP contribution < -0.4 is 5.32 Å². The van der Waals surface area contributed by atoms with Crippen LogP contribution in [0.25, 0.3) is 22.6 Å². The molecule has 0 spiro atoms. The summed E-state index contributed by atoms with van der Waals surface area (Å²) in [6.07, 6.45) is 3.70. The molecule has 0 bridgehead atoms. The lowest BCUT2D eigenvalue weighted by Gasteiger charge is -1.99. The summed E-state index contributed by atoms with van der Waals surface area (Å²) in [7, 11) is 0. The first kappa shape index (κ1) is 17.1. The lowest BCUT2D eigenvalue weighted by Crippen LogP contribution is -2.12. The molecule has 24 heavy (non-hydrogen) atoms. The molecule has 1 N–H and O–H groups in total. The van der Waals surface area contributed by atoms with Crippen LogP contribution in [-0.4, -0.2) is 16.4 Å². The number of oxazole rings is 1. The van der Waals surface area contributed by atoms with E-state index < -0.39 is 0 Å². The van der Waals surface area contributed by atoms with Gasteiger partial charge in [-0.2, -0.15) is 5.26 Å². The van der Waals surface area contributed by atoms with Crippen LogP contribution in [0.2, 0.25) is 5.02 Å². The van der Waals surface area contributed by atoms with E-state index in [1.54, 1.807) is 12.1 Å². The number of nitrogens with one attached hydrogen (secondary N) is 1. The topological polar surface area (TPSA) is 74.2 Å². The number of aliphatic imine (C=N–C) groups is 1. The van der Waals surface area contributed by atoms with Crippen molar-refractivity contribution in [2.75, 3.05) is 6.26 Å². The molecule has 0 saturated carbocycles. The molecule has 120 valence electrons. The predicted octanol–water partition coefficient (Wildman–Crippen LogP) is 5.17. The zero-order valence-electron chi connectivity index (χ0n) is 12.4. The van der Waals surface area contributed by atoms with Crippen LogP contribution in [0, 0.1) is 15.0 Å². The van der Waals surface area contributed by atoms with Crippen LogP contribution in [0.4, 0.5) is 5.69 Å². The predicted molar refractivity (Wildman–Crippen MR) is 107 cm³/mol. The van der Waals surface area contributed by atoms with E-state index in [4.69, 9.17) is 21.3 Å². The number of halogens is 2. The molecule has 3 rings (SSSR count). The van der Waals surface area contributed by atoms with Gasteiger partial charge < -0.3 is 4.42 Å². The van der Waals surface area contributed by atoms with Crippen molar-refractivity contribution in [1.29, 1.82) is 5.26 Å².